The van der Waals surface area contributed by atoms with Gasteiger partial charge in [0.2, 0.25) is 10.0 Å². The zero-order valence-electron chi connectivity index (χ0n) is 10.3. The summed E-state index contributed by atoms with van der Waals surface area (Å²) in [6, 6.07) is 4.61. The van der Waals surface area contributed by atoms with Crippen LogP contribution in [0.1, 0.15) is 12.5 Å². The smallest absolute Gasteiger partial charge is 0.244 e. The van der Waals surface area contributed by atoms with E-state index in [4.69, 9.17) is 17.3 Å². The van der Waals surface area contributed by atoms with Gasteiger partial charge in [-0.3, -0.25) is 0 Å². The summed E-state index contributed by atoms with van der Waals surface area (Å²) in [5.41, 5.74) is 5.90. The molecule has 0 aliphatic carbocycles. The van der Waals surface area contributed by atoms with E-state index in [1.807, 2.05) is 0 Å². The zero-order chi connectivity index (χ0) is 13.8. The summed E-state index contributed by atoms with van der Waals surface area (Å²) in [5.74, 6) is 5.48. The van der Waals surface area contributed by atoms with Crippen molar-refractivity contribution in [3.05, 3.63) is 28.8 Å². The van der Waals surface area contributed by atoms with Gasteiger partial charge < -0.3 is 5.73 Å². The van der Waals surface area contributed by atoms with E-state index in [2.05, 4.69) is 11.8 Å². The van der Waals surface area contributed by atoms with Crippen LogP contribution in [0, 0.1) is 11.8 Å². The van der Waals surface area contributed by atoms with Crippen LogP contribution in [0.4, 0.5) is 0 Å². The Bertz CT molecular complexity index is 588. The van der Waals surface area contributed by atoms with E-state index in [1.165, 1.54) is 23.5 Å². The van der Waals surface area contributed by atoms with Crippen LogP contribution in [-0.2, 0) is 10.0 Å². The third-order valence-corrected chi connectivity index (χ3v) is 4.82. The van der Waals surface area contributed by atoms with Crippen molar-refractivity contribution in [3.8, 4) is 11.8 Å². The van der Waals surface area contributed by atoms with Gasteiger partial charge >= 0.3 is 0 Å². The number of nitrogens with zero attached hydrogens (tertiary/aromatic N) is 1. The molecule has 0 fully saturated rings. The maximum Gasteiger partial charge on any atom is 0.244 e. The quantitative estimate of drug-likeness (QED) is 0.852. The van der Waals surface area contributed by atoms with E-state index in [9.17, 15) is 8.42 Å². The largest absolute Gasteiger partial charge is 0.320 e. The summed E-state index contributed by atoms with van der Waals surface area (Å²) in [4.78, 5) is 0.0896. The molecule has 2 N–H and O–H groups in total. The standard InChI is InChI=1S/C12H15ClN2O2S/c1-3-15(2)18(16,17)12-7-6-10(5-4-8-14)9-11(12)13/h6-7,9H,3,8,14H2,1-2H3. The van der Waals surface area contributed by atoms with Gasteiger partial charge in [-0.05, 0) is 18.2 Å². The molecule has 1 rings (SSSR count). The van der Waals surface area contributed by atoms with Gasteiger partial charge in [0, 0.05) is 19.2 Å². The second kappa shape index (κ2) is 6.21. The number of hydrogen-bond acceptors (Lipinski definition) is 3. The Morgan fingerprint density at radius 3 is 2.61 bits per heavy atom. The maximum atomic E-state index is 12.1. The lowest BCUT2D eigenvalue weighted by molar-refractivity contribution is 0.486. The maximum absolute atomic E-state index is 12.1. The minimum Gasteiger partial charge on any atom is -0.320 e. The predicted molar refractivity (Wildman–Crippen MR) is 72.9 cm³/mol. The topological polar surface area (TPSA) is 63.4 Å². The van der Waals surface area contributed by atoms with Crippen molar-refractivity contribution in [1.82, 2.24) is 4.31 Å². The summed E-state index contributed by atoms with van der Waals surface area (Å²) in [5, 5.41) is 0.166. The Balaban J connectivity index is 3.22. The van der Waals surface area contributed by atoms with E-state index in [1.54, 1.807) is 13.0 Å². The highest BCUT2D eigenvalue weighted by Crippen LogP contribution is 2.24. The molecule has 0 atom stereocenters. The molecule has 0 aliphatic heterocycles. The zero-order valence-corrected chi connectivity index (χ0v) is 11.8. The highest BCUT2D eigenvalue weighted by molar-refractivity contribution is 7.89. The summed E-state index contributed by atoms with van der Waals surface area (Å²) in [6.45, 7) is 2.39. The fourth-order valence-electron chi connectivity index (χ4n) is 1.28. The van der Waals surface area contributed by atoms with Gasteiger partial charge in [0.1, 0.15) is 4.90 Å². The van der Waals surface area contributed by atoms with E-state index in [0.717, 1.165) is 0 Å². The molecule has 1 aromatic carbocycles. The first-order valence-corrected chi connectivity index (χ1v) is 7.20. The number of hydrogen-bond donors (Lipinski definition) is 1. The number of benzene rings is 1. The Labute approximate surface area is 113 Å². The van der Waals surface area contributed by atoms with Crippen molar-refractivity contribution >= 4 is 21.6 Å². The van der Waals surface area contributed by atoms with Crippen molar-refractivity contribution in [2.24, 2.45) is 5.73 Å². The number of nitrogens with two attached hydrogens (primary N) is 1. The second-order valence-electron chi connectivity index (χ2n) is 3.57. The summed E-state index contributed by atoms with van der Waals surface area (Å²) in [7, 11) is -2.02. The molecular weight excluding hydrogens is 272 g/mol. The van der Waals surface area contributed by atoms with Crippen LogP contribution in [0.25, 0.3) is 0 Å². The first kappa shape index (κ1) is 15.0. The molecule has 0 spiro atoms. The predicted octanol–water partition coefficient (Wildman–Crippen LogP) is 1.29. The molecule has 4 nitrogen and oxygen atoms in total. The molecule has 6 heteroatoms. The van der Waals surface area contributed by atoms with Gasteiger partial charge in [-0.25, -0.2) is 12.7 Å². The number of halogens is 1. The molecular formula is C12H15ClN2O2S. The molecule has 0 amide bonds. The molecule has 0 bridgehead atoms. The monoisotopic (exact) mass is 286 g/mol. The lowest BCUT2D eigenvalue weighted by atomic mass is 10.2. The van der Waals surface area contributed by atoms with Crippen LogP contribution in [-0.4, -0.2) is 32.9 Å². The normalized spacial score (nSPS) is 11.2. The Hall–Kier alpha value is -1.06. The lowest BCUT2D eigenvalue weighted by Gasteiger charge is -2.15. The molecule has 0 heterocycles. The Morgan fingerprint density at radius 2 is 2.11 bits per heavy atom. The first-order valence-electron chi connectivity index (χ1n) is 5.38. The van der Waals surface area contributed by atoms with E-state index >= 15 is 0 Å². The first-order chi connectivity index (χ1) is 8.43. The third-order valence-electron chi connectivity index (χ3n) is 2.40. The van der Waals surface area contributed by atoms with E-state index < -0.39 is 10.0 Å². The van der Waals surface area contributed by atoms with Crippen LogP contribution in [0.5, 0.6) is 0 Å². The fraction of sp³-hybridized carbons (Fsp3) is 0.333. The minimum atomic E-state index is -3.53. The van der Waals surface area contributed by atoms with Gasteiger partial charge in [0.25, 0.3) is 0 Å². The van der Waals surface area contributed by atoms with Crippen molar-refractivity contribution in [3.63, 3.8) is 0 Å². The summed E-state index contributed by atoms with van der Waals surface area (Å²) in [6.07, 6.45) is 0. The molecule has 0 saturated carbocycles. The molecule has 0 radical (unpaired) electrons. The third kappa shape index (κ3) is 3.24. The van der Waals surface area contributed by atoms with Crippen molar-refractivity contribution in [2.45, 2.75) is 11.8 Å². The number of rotatable bonds is 3. The van der Waals surface area contributed by atoms with Crippen LogP contribution >= 0.6 is 11.6 Å². The second-order valence-corrected chi connectivity index (χ2v) is 5.99. The molecule has 0 aliphatic rings. The number of sulfonamides is 1. The van der Waals surface area contributed by atoms with Crippen LogP contribution in [0.15, 0.2) is 23.1 Å². The molecule has 0 unspecified atom stereocenters. The minimum absolute atomic E-state index is 0.0896. The summed E-state index contributed by atoms with van der Waals surface area (Å²) < 4.78 is 25.4. The fourth-order valence-corrected chi connectivity index (χ4v) is 2.97. The van der Waals surface area contributed by atoms with Gasteiger partial charge in [0.15, 0.2) is 0 Å². The molecule has 0 aromatic heterocycles. The highest BCUT2D eigenvalue weighted by atomic mass is 35.5. The van der Waals surface area contributed by atoms with E-state index in [0.29, 0.717) is 12.1 Å². The average Bonchev–Trinajstić information content (AvgIpc) is 2.34. The van der Waals surface area contributed by atoms with Crippen molar-refractivity contribution < 1.29 is 8.42 Å². The average molecular weight is 287 g/mol. The molecule has 98 valence electrons. The Kier molecular flexibility index (Phi) is 5.17. The van der Waals surface area contributed by atoms with Gasteiger partial charge in [0.05, 0.1) is 11.6 Å². The van der Waals surface area contributed by atoms with Gasteiger partial charge in [-0.1, -0.05) is 30.4 Å². The van der Waals surface area contributed by atoms with Crippen molar-refractivity contribution in [2.75, 3.05) is 20.1 Å². The molecule has 1 aromatic rings. The van der Waals surface area contributed by atoms with Gasteiger partial charge in [-0.2, -0.15) is 0 Å². The summed E-state index contributed by atoms with van der Waals surface area (Å²) >= 11 is 5.99. The van der Waals surface area contributed by atoms with E-state index in [-0.39, 0.29) is 16.5 Å². The molecule has 18 heavy (non-hydrogen) atoms. The van der Waals surface area contributed by atoms with Crippen LogP contribution < -0.4 is 5.73 Å². The Morgan fingerprint density at radius 1 is 1.44 bits per heavy atom. The van der Waals surface area contributed by atoms with Gasteiger partial charge in [-0.15, -0.1) is 0 Å². The van der Waals surface area contributed by atoms with Crippen LogP contribution in [0.3, 0.4) is 0 Å². The molecule has 0 saturated heterocycles. The highest BCUT2D eigenvalue weighted by Gasteiger charge is 2.22. The van der Waals surface area contributed by atoms with Crippen LogP contribution in [0.2, 0.25) is 5.02 Å². The SMILES string of the molecule is CCN(C)S(=O)(=O)c1ccc(C#CCN)cc1Cl. The lowest BCUT2D eigenvalue weighted by Crippen LogP contribution is -2.26. The van der Waals surface area contributed by atoms with Crippen molar-refractivity contribution in [1.29, 1.82) is 0 Å².